The molecule has 0 saturated carbocycles. The van der Waals surface area contributed by atoms with Crippen molar-refractivity contribution in [3.8, 4) is 5.75 Å². The number of phenolic OH excluding ortho intramolecular Hbond substituents is 1. The summed E-state index contributed by atoms with van der Waals surface area (Å²) >= 11 is 0. The monoisotopic (exact) mass is 212 g/mol. The molecule has 4 heteroatoms. The molecule has 1 rings (SSSR count). The van der Waals surface area contributed by atoms with Crippen molar-refractivity contribution in [1.29, 1.82) is 0 Å². The Morgan fingerprint density at radius 2 is 2.07 bits per heavy atom. The van der Waals surface area contributed by atoms with Gasteiger partial charge < -0.3 is 14.3 Å². The highest BCUT2D eigenvalue weighted by Crippen LogP contribution is 2.15. The van der Waals surface area contributed by atoms with E-state index in [4.69, 9.17) is 9.16 Å². The number of aromatic hydroxyl groups is 1. The van der Waals surface area contributed by atoms with Gasteiger partial charge in [0.05, 0.1) is 19.8 Å². The minimum atomic E-state index is -0.314. The van der Waals surface area contributed by atoms with E-state index in [0.717, 1.165) is 5.56 Å². The Balaban J connectivity index is 2.21. The molecule has 0 aliphatic rings. The quantitative estimate of drug-likeness (QED) is 0.566. The van der Waals surface area contributed by atoms with E-state index in [2.05, 4.69) is 6.55 Å². The Kier molecular flexibility index (Phi) is 5.29. The number of phenols is 1. The van der Waals surface area contributed by atoms with Crippen LogP contribution in [-0.2, 0) is 15.8 Å². The van der Waals surface area contributed by atoms with Crippen LogP contribution >= 0.6 is 0 Å². The number of ether oxygens (including phenoxy) is 1. The first-order valence-corrected chi connectivity index (χ1v) is 6.76. The molecule has 0 unspecified atom stereocenters. The molecule has 78 valence electrons. The fourth-order valence-electron chi connectivity index (χ4n) is 1.08. The molecule has 14 heavy (non-hydrogen) atoms. The minimum absolute atomic E-state index is 0.290. The molecular weight excluding hydrogens is 196 g/mol. The van der Waals surface area contributed by atoms with Crippen LogP contribution in [0.2, 0.25) is 6.55 Å². The number of benzene rings is 1. The van der Waals surface area contributed by atoms with Crippen LogP contribution in [0.3, 0.4) is 0 Å². The second-order valence-electron chi connectivity index (χ2n) is 2.88. The molecule has 0 bridgehead atoms. The molecule has 0 aliphatic heterocycles. The summed E-state index contributed by atoms with van der Waals surface area (Å²) in [5.41, 5.74) is 0.821. The van der Waals surface area contributed by atoms with Gasteiger partial charge in [0.2, 0.25) is 0 Å². The van der Waals surface area contributed by atoms with Crippen molar-refractivity contribution in [2.45, 2.75) is 13.2 Å². The molecule has 3 nitrogen and oxygen atoms in total. The van der Waals surface area contributed by atoms with E-state index >= 15 is 0 Å². The van der Waals surface area contributed by atoms with Crippen LogP contribution < -0.4 is 0 Å². The van der Waals surface area contributed by atoms with Gasteiger partial charge in [-0.05, 0) is 6.07 Å². The van der Waals surface area contributed by atoms with Gasteiger partial charge in [0, 0.05) is 5.56 Å². The number of rotatable bonds is 6. The number of hydrogen-bond acceptors (Lipinski definition) is 3. The van der Waals surface area contributed by atoms with Gasteiger partial charge in [-0.1, -0.05) is 24.7 Å². The van der Waals surface area contributed by atoms with Crippen LogP contribution in [0, 0.1) is 0 Å². The average Bonchev–Trinajstić information content (AvgIpc) is 2.20. The third-order valence-corrected chi connectivity index (χ3v) is 2.52. The molecule has 1 aromatic rings. The Morgan fingerprint density at radius 3 is 2.79 bits per heavy atom. The van der Waals surface area contributed by atoms with Crippen molar-refractivity contribution >= 4 is 9.76 Å². The lowest BCUT2D eigenvalue weighted by atomic mass is 10.2. The SMILES string of the molecule is C[SiH2]OCCOCc1ccccc1O. The van der Waals surface area contributed by atoms with Crippen molar-refractivity contribution in [2.75, 3.05) is 13.2 Å². The summed E-state index contributed by atoms with van der Waals surface area (Å²) in [4.78, 5) is 0. The highest BCUT2D eigenvalue weighted by Gasteiger charge is 1.98. The lowest BCUT2D eigenvalue weighted by molar-refractivity contribution is 0.0892. The standard InChI is InChI=1S/C10H16O3Si/c1-14-13-7-6-12-8-9-4-2-3-5-10(9)11/h2-5,11H,6-8,14H2,1H3. The number of para-hydroxylation sites is 1. The third-order valence-electron chi connectivity index (χ3n) is 1.83. The average molecular weight is 212 g/mol. The molecule has 0 spiro atoms. The second kappa shape index (κ2) is 6.59. The highest BCUT2D eigenvalue weighted by molar-refractivity contribution is 6.24. The fraction of sp³-hybridized carbons (Fsp3) is 0.400. The predicted octanol–water partition coefficient (Wildman–Crippen LogP) is 1.06. The van der Waals surface area contributed by atoms with Crippen LogP contribution in [0.15, 0.2) is 24.3 Å². The van der Waals surface area contributed by atoms with Crippen molar-refractivity contribution < 1.29 is 14.3 Å². The van der Waals surface area contributed by atoms with Crippen LogP contribution in [-0.4, -0.2) is 28.1 Å². The van der Waals surface area contributed by atoms with E-state index in [0.29, 0.717) is 25.6 Å². The lowest BCUT2D eigenvalue weighted by Crippen LogP contribution is -2.05. The molecule has 1 aromatic carbocycles. The van der Waals surface area contributed by atoms with Gasteiger partial charge in [-0.15, -0.1) is 0 Å². The van der Waals surface area contributed by atoms with Crippen LogP contribution in [0.5, 0.6) is 5.75 Å². The Hall–Kier alpha value is -0.843. The topological polar surface area (TPSA) is 38.7 Å². The zero-order chi connectivity index (χ0) is 10.2. The van der Waals surface area contributed by atoms with E-state index in [1.54, 1.807) is 12.1 Å². The molecule has 0 heterocycles. The summed E-state index contributed by atoms with van der Waals surface area (Å²) in [5.74, 6) is 0.290. The van der Waals surface area contributed by atoms with Gasteiger partial charge in [0.15, 0.2) is 9.76 Å². The highest BCUT2D eigenvalue weighted by atomic mass is 28.2. The van der Waals surface area contributed by atoms with Crippen molar-refractivity contribution in [2.24, 2.45) is 0 Å². The maximum Gasteiger partial charge on any atom is 0.158 e. The summed E-state index contributed by atoms with van der Waals surface area (Å²) in [6.07, 6.45) is 0. The van der Waals surface area contributed by atoms with E-state index < -0.39 is 0 Å². The third kappa shape index (κ3) is 3.91. The van der Waals surface area contributed by atoms with Gasteiger partial charge in [0.1, 0.15) is 5.75 Å². The van der Waals surface area contributed by atoms with Crippen LogP contribution in [0.25, 0.3) is 0 Å². The van der Waals surface area contributed by atoms with Crippen LogP contribution in [0.4, 0.5) is 0 Å². The maximum atomic E-state index is 9.41. The van der Waals surface area contributed by atoms with Gasteiger partial charge in [0.25, 0.3) is 0 Å². The molecule has 0 fully saturated rings. The molecule has 0 atom stereocenters. The summed E-state index contributed by atoms with van der Waals surface area (Å²) in [6, 6.07) is 7.19. The largest absolute Gasteiger partial charge is 0.508 e. The van der Waals surface area contributed by atoms with Crippen molar-refractivity contribution in [1.82, 2.24) is 0 Å². The summed E-state index contributed by atoms with van der Waals surface area (Å²) in [6.45, 7) is 3.79. The Bertz CT molecular complexity index is 265. The molecule has 0 saturated heterocycles. The summed E-state index contributed by atoms with van der Waals surface area (Å²) in [5, 5.41) is 9.41. The van der Waals surface area contributed by atoms with E-state index in [1.165, 1.54) is 0 Å². The molecule has 0 aliphatic carbocycles. The first kappa shape index (κ1) is 11.2. The zero-order valence-electron chi connectivity index (χ0n) is 8.40. The zero-order valence-corrected chi connectivity index (χ0v) is 9.82. The fourth-order valence-corrected chi connectivity index (χ4v) is 1.48. The van der Waals surface area contributed by atoms with Gasteiger partial charge >= 0.3 is 0 Å². The van der Waals surface area contributed by atoms with Gasteiger partial charge in [-0.2, -0.15) is 0 Å². The number of hydrogen-bond donors (Lipinski definition) is 1. The van der Waals surface area contributed by atoms with Gasteiger partial charge in [-0.25, -0.2) is 0 Å². The van der Waals surface area contributed by atoms with E-state index in [9.17, 15) is 5.11 Å². The minimum Gasteiger partial charge on any atom is -0.508 e. The Morgan fingerprint density at radius 1 is 1.29 bits per heavy atom. The first-order valence-electron chi connectivity index (χ1n) is 4.77. The predicted molar refractivity (Wildman–Crippen MR) is 58.1 cm³/mol. The van der Waals surface area contributed by atoms with Crippen molar-refractivity contribution in [3.05, 3.63) is 29.8 Å². The molecule has 0 aromatic heterocycles. The van der Waals surface area contributed by atoms with Gasteiger partial charge in [-0.3, -0.25) is 0 Å². The normalized spacial score (nSPS) is 11.2. The molecular formula is C10H16O3Si. The molecule has 0 radical (unpaired) electrons. The van der Waals surface area contributed by atoms with Crippen LogP contribution in [0.1, 0.15) is 5.56 Å². The lowest BCUT2D eigenvalue weighted by Gasteiger charge is -2.05. The smallest absolute Gasteiger partial charge is 0.158 e. The summed E-state index contributed by atoms with van der Waals surface area (Å²) in [7, 11) is -0.314. The van der Waals surface area contributed by atoms with Crippen molar-refractivity contribution in [3.63, 3.8) is 0 Å². The molecule has 1 N–H and O–H groups in total. The first-order chi connectivity index (χ1) is 6.84. The van der Waals surface area contributed by atoms with E-state index in [-0.39, 0.29) is 9.76 Å². The molecule has 0 amide bonds. The Labute approximate surface area is 86.6 Å². The second-order valence-corrected chi connectivity index (χ2v) is 3.86. The summed E-state index contributed by atoms with van der Waals surface area (Å²) < 4.78 is 10.6. The maximum absolute atomic E-state index is 9.41. The van der Waals surface area contributed by atoms with E-state index in [1.807, 2.05) is 12.1 Å².